The predicted molar refractivity (Wildman–Crippen MR) is 117 cm³/mol. The van der Waals surface area contributed by atoms with Crippen molar-refractivity contribution in [3.8, 4) is 0 Å². The average Bonchev–Trinajstić information content (AvgIpc) is 2.65. The van der Waals surface area contributed by atoms with Crippen molar-refractivity contribution in [3.05, 3.63) is 35.2 Å². The monoisotopic (exact) mass is 407 g/mol. The second-order valence-electron chi connectivity index (χ2n) is 7.62. The number of hydrogen-bond acceptors (Lipinski definition) is 6. The number of likely N-dealkylation sites (tertiary alicyclic amines) is 1. The Kier molecular flexibility index (Phi) is 6.48. The van der Waals surface area contributed by atoms with Gasteiger partial charge in [0.2, 0.25) is 0 Å². The van der Waals surface area contributed by atoms with Crippen molar-refractivity contribution >= 4 is 34.9 Å². The molecule has 0 saturated carbocycles. The summed E-state index contributed by atoms with van der Waals surface area (Å²) in [5, 5.41) is 7.10. The molecule has 5 nitrogen and oxygen atoms in total. The number of piperidine rings is 1. The van der Waals surface area contributed by atoms with Gasteiger partial charge in [-0.3, -0.25) is 0 Å². The molecule has 1 aromatic carbocycles. The van der Waals surface area contributed by atoms with E-state index < -0.39 is 0 Å². The lowest BCUT2D eigenvalue weighted by atomic mass is 9.77. The van der Waals surface area contributed by atoms with Gasteiger partial charge in [-0.05, 0) is 36.8 Å². The lowest BCUT2D eigenvalue weighted by Crippen LogP contribution is -2.43. The van der Waals surface area contributed by atoms with E-state index >= 15 is 0 Å². The Morgan fingerprint density at radius 1 is 1.41 bits per heavy atom. The number of aliphatic imine (C=N–C) groups is 1. The topological polar surface area (TPSA) is 65.7 Å². The van der Waals surface area contributed by atoms with Crippen molar-refractivity contribution in [2.24, 2.45) is 16.1 Å². The molecule has 1 atom stereocenters. The molecule has 0 spiro atoms. The van der Waals surface area contributed by atoms with Gasteiger partial charge in [-0.2, -0.15) is 0 Å². The van der Waals surface area contributed by atoms with E-state index in [-0.39, 0.29) is 5.37 Å². The molecule has 0 radical (unpaired) electrons. The summed E-state index contributed by atoms with van der Waals surface area (Å²) in [6.07, 6.45) is 6.96. The van der Waals surface area contributed by atoms with Crippen molar-refractivity contribution < 1.29 is 0 Å². The molecule has 0 aliphatic carbocycles. The highest BCUT2D eigenvalue weighted by molar-refractivity contribution is 8.00. The normalized spacial score (nSPS) is 21.9. The summed E-state index contributed by atoms with van der Waals surface area (Å²) >= 11 is 8.05. The maximum absolute atomic E-state index is 6.46. The number of rotatable bonds is 6. The number of nitrogens with zero attached hydrogens (tertiary/aromatic N) is 2. The number of nitrogens with two attached hydrogens (primary N) is 1. The Labute approximate surface area is 171 Å². The first kappa shape index (κ1) is 20.2. The van der Waals surface area contributed by atoms with Gasteiger partial charge in [-0.15, -0.1) is 0 Å². The first-order valence-corrected chi connectivity index (χ1v) is 10.9. The summed E-state index contributed by atoms with van der Waals surface area (Å²) in [7, 11) is 1.86. The fourth-order valence-electron chi connectivity index (χ4n) is 3.77. The van der Waals surface area contributed by atoms with Gasteiger partial charge < -0.3 is 21.3 Å². The maximum atomic E-state index is 6.46. The molecule has 2 aliphatic heterocycles. The van der Waals surface area contributed by atoms with Gasteiger partial charge in [-0.1, -0.05) is 49.7 Å². The lowest BCUT2D eigenvalue weighted by molar-refractivity contribution is 0.132. The van der Waals surface area contributed by atoms with Crippen molar-refractivity contribution in [2.45, 2.75) is 49.8 Å². The van der Waals surface area contributed by atoms with E-state index in [9.17, 15) is 0 Å². The van der Waals surface area contributed by atoms with Crippen LogP contribution >= 0.6 is 23.4 Å². The summed E-state index contributed by atoms with van der Waals surface area (Å²) in [6.45, 7) is 6.75. The molecule has 0 aromatic heterocycles. The van der Waals surface area contributed by atoms with Crippen LogP contribution in [0.3, 0.4) is 0 Å². The molecule has 0 amide bonds. The van der Waals surface area contributed by atoms with Crippen molar-refractivity contribution in [1.82, 2.24) is 10.2 Å². The van der Waals surface area contributed by atoms with Gasteiger partial charge in [0.1, 0.15) is 17.0 Å². The van der Waals surface area contributed by atoms with Crippen LogP contribution in [-0.2, 0) is 0 Å². The number of benzene rings is 1. The largest absolute Gasteiger partial charge is 0.387 e. The second kappa shape index (κ2) is 8.65. The van der Waals surface area contributed by atoms with Gasteiger partial charge in [0.15, 0.2) is 0 Å². The molecule has 148 valence electrons. The lowest BCUT2D eigenvalue weighted by Gasteiger charge is -2.41. The summed E-state index contributed by atoms with van der Waals surface area (Å²) in [6, 6.07) is 5.94. The summed E-state index contributed by atoms with van der Waals surface area (Å²) in [4.78, 5) is 8.01. The predicted octanol–water partition coefficient (Wildman–Crippen LogP) is 4.46. The fourth-order valence-corrected chi connectivity index (χ4v) is 5.05. The average molecular weight is 408 g/mol. The molecule has 0 bridgehead atoms. The van der Waals surface area contributed by atoms with E-state index in [1.54, 1.807) is 11.8 Å². The van der Waals surface area contributed by atoms with E-state index in [2.05, 4.69) is 34.4 Å². The van der Waals surface area contributed by atoms with Gasteiger partial charge in [0.25, 0.3) is 0 Å². The highest BCUT2D eigenvalue weighted by Crippen LogP contribution is 2.38. The molecule has 2 heterocycles. The minimum atomic E-state index is -0.117. The van der Waals surface area contributed by atoms with Crippen LogP contribution in [0.2, 0.25) is 5.02 Å². The second-order valence-corrected chi connectivity index (χ2v) is 9.14. The number of hydrogen-bond donors (Lipinski definition) is 3. The first-order chi connectivity index (χ1) is 13.0. The Morgan fingerprint density at radius 3 is 2.78 bits per heavy atom. The molecular formula is C20H30ClN5S. The van der Waals surface area contributed by atoms with Gasteiger partial charge in [0, 0.05) is 31.2 Å². The zero-order chi connectivity index (χ0) is 19.4. The van der Waals surface area contributed by atoms with E-state index in [0.29, 0.717) is 16.3 Å². The molecule has 27 heavy (non-hydrogen) atoms. The smallest absolute Gasteiger partial charge is 0.146 e. The van der Waals surface area contributed by atoms with Crippen LogP contribution in [0.5, 0.6) is 0 Å². The summed E-state index contributed by atoms with van der Waals surface area (Å²) in [5.74, 6) is 1.53. The van der Waals surface area contributed by atoms with Crippen LogP contribution in [0.15, 0.2) is 40.1 Å². The van der Waals surface area contributed by atoms with Gasteiger partial charge in [-0.25, -0.2) is 4.99 Å². The number of nitrogens with one attached hydrogen (secondary N) is 2. The Hall–Kier alpha value is -1.53. The quantitative estimate of drug-likeness (QED) is 0.649. The molecule has 1 aromatic rings. The van der Waals surface area contributed by atoms with E-state index in [4.69, 9.17) is 17.3 Å². The number of thioether (sulfide) groups is 1. The Balaban J connectivity index is 1.62. The number of halogens is 1. The number of anilines is 1. The third-order valence-electron chi connectivity index (χ3n) is 5.50. The zero-order valence-corrected chi connectivity index (χ0v) is 18.0. The third-order valence-corrected chi connectivity index (χ3v) is 7.23. The molecule has 3 rings (SSSR count). The molecule has 1 fully saturated rings. The van der Waals surface area contributed by atoms with Gasteiger partial charge >= 0.3 is 0 Å². The maximum Gasteiger partial charge on any atom is 0.146 e. The highest BCUT2D eigenvalue weighted by atomic mass is 35.5. The van der Waals surface area contributed by atoms with Crippen molar-refractivity contribution in [1.29, 1.82) is 0 Å². The first-order valence-electron chi connectivity index (χ1n) is 9.64. The van der Waals surface area contributed by atoms with Crippen LogP contribution < -0.4 is 16.4 Å². The standard InChI is InChI=1S/C20H30ClN5S/c1-4-8-20(2)9-11-26(12-10-20)16-13-24-19(18(22)25-16)27-15-7-5-6-14(23-3)17(15)21/h5-7,13,19,23-24H,4,8-12H2,1-3H3,(H2,22,25). The van der Waals surface area contributed by atoms with Gasteiger partial charge in [0.05, 0.1) is 10.7 Å². The number of amidine groups is 1. The molecule has 1 unspecified atom stereocenters. The van der Waals surface area contributed by atoms with E-state index in [1.807, 2.05) is 31.4 Å². The minimum Gasteiger partial charge on any atom is -0.387 e. The highest BCUT2D eigenvalue weighted by Gasteiger charge is 2.31. The molecule has 1 saturated heterocycles. The fraction of sp³-hybridized carbons (Fsp3) is 0.550. The minimum absolute atomic E-state index is 0.117. The Morgan fingerprint density at radius 2 is 2.15 bits per heavy atom. The van der Waals surface area contributed by atoms with E-state index in [1.165, 1.54) is 25.7 Å². The molecule has 2 aliphatic rings. The molecule has 7 heteroatoms. The van der Waals surface area contributed by atoms with Crippen molar-refractivity contribution in [3.63, 3.8) is 0 Å². The van der Waals surface area contributed by atoms with E-state index in [0.717, 1.165) is 29.5 Å². The molecule has 4 N–H and O–H groups in total. The summed E-state index contributed by atoms with van der Waals surface area (Å²) < 4.78 is 0. The zero-order valence-electron chi connectivity index (χ0n) is 16.4. The molecular weight excluding hydrogens is 378 g/mol. The van der Waals surface area contributed by atoms with Crippen LogP contribution in [0, 0.1) is 5.41 Å². The Bertz CT molecular complexity index is 725. The van der Waals surface area contributed by atoms with Crippen LogP contribution in [0.1, 0.15) is 39.5 Å². The van der Waals surface area contributed by atoms with Crippen LogP contribution in [0.4, 0.5) is 5.69 Å². The van der Waals surface area contributed by atoms with Crippen molar-refractivity contribution in [2.75, 3.05) is 25.5 Å². The third kappa shape index (κ3) is 4.66. The SMILES string of the molecule is CCCC1(C)CCN(C2=CNC(Sc3cccc(NC)c3Cl)C(N)=N2)CC1. The van der Waals surface area contributed by atoms with Crippen LogP contribution in [-0.4, -0.2) is 36.2 Å². The van der Waals surface area contributed by atoms with Crippen LogP contribution in [0.25, 0.3) is 0 Å². The summed E-state index contributed by atoms with van der Waals surface area (Å²) in [5.41, 5.74) is 7.66.